The molecule has 1 aliphatic rings. The molecule has 1 aromatic heterocycles. The van der Waals surface area contributed by atoms with E-state index in [-0.39, 0.29) is 6.54 Å². The number of aryl methyl sites for hydroxylation is 1. The van der Waals surface area contributed by atoms with Crippen LogP contribution >= 0.6 is 0 Å². The van der Waals surface area contributed by atoms with Gasteiger partial charge in [-0.25, -0.2) is 0 Å². The van der Waals surface area contributed by atoms with Gasteiger partial charge in [0.2, 0.25) is 0 Å². The highest BCUT2D eigenvalue weighted by Gasteiger charge is 2.33. The number of hydrogen-bond donors (Lipinski definition) is 4. The molecular weight excluding hydrogens is 414 g/mol. The van der Waals surface area contributed by atoms with Gasteiger partial charge in [-0.1, -0.05) is 12.5 Å². The lowest BCUT2D eigenvalue weighted by Crippen LogP contribution is -2.51. The summed E-state index contributed by atoms with van der Waals surface area (Å²) < 4.78 is 13.3. The standard InChI is InChI=1S/C23H35N3O6/c1-25-13-17(12-24-25)14-26-15-20(28)22(30)23(21(29)16-27)32-10-5-3-2-4-9-31-19-8-6-7-18(26)11-19/h6-8,11-13,20-23,27-30H,2-5,9-10,14-16H2,1H3/t20-,21-,22-,23-/m1/s1. The summed E-state index contributed by atoms with van der Waals surface area (Å²) in [6.07, 6.45) is 2.22. The lowest BCUT2D eigenvalue weighted by atomic mass is 10.0. The maximum absolute atomic E-state index is 10.9. The van der Waals surface area contributed by atoms with Crippen molar-refractivity contribution in [2.75, 3.05) is 31.3 Å². The first-order valence-corrected chi connectivity index (χ1v) is 11.2. The van der Waals surface area contributed by atoms with Gasteiger partial charge in [-0.05, 0) is 31.4 Å². The molecule has 0 saturated heterocycles. The first-order valence-electron chi connectivity index (χ1n) is 11.2. The second kappa shape index (κ2) is 12.2. The molecule has 4 atom stereocenters. The number of aliphatic hydroxyl groups is 4. The number of nitrogens with zero attached hydrogens (tertiary/aromatic N) is 3. The van der Waals surface area contributed by atoms with Gasteiger partial charge in [0, 0.05) is 50.3 Å². The Bertz CT molecular complexity index is 817. The van der Waals surface area contributed by atoms with Crippen molar-refractivity contribution in [3.8, 4) is 5.75 Å². The van der Waals surface area contributed by atoms with Gasteiger partial charge in [0.25, 0.3) is 0 Å². The molecule has 3 rings (SSSR count). The van der Waals surface area contributed by atoms with Crippen molar-refractivity contribution in [3.05, 3.63) is 42.2 Å². The summed E-state index contributed by atoms with van der Waals surface area (Å²) in [5, 5.41) is 45.5. The zero-order chi connectivity index (χ0) is 22.9. The molecule has 178 valence electrons. The molecule has 1 aromatic carbocycles. The monoisotopic (exact) mass is 449 g/mol. The van der Waals surface area contributed by atoms with Crippen molar-refractivity contribution in [2.45, 2.75) is 56.6 Å². The molecule has 0 radical (unpaired) electrons. The predicted octanol–water partition coefficient (Wildman–Crippen LogP) is 0.840. The van der Waals surface area contributed by atoms with E-state index in [0.717, 1.165) is 42.7 Å². The molecule has 32 heavy (non-hydrogen) atoms. The number of rotatable bonds is 4. The zero-order valence-electron chi connectivity index (χ0n) is 18.6. The minimum Gasteiger partial charge on any atom is -0.494 e. The number of ether oxygens (including phenoxy) is 2. The predicted molar refractivity (Wildman–Crippen MR) is 120 cm³/mol. The molecule has 0 aliphatic carbocycles. The summed E-state index contributed by atoms with van der Waals surface area (Å²) in [7, 11) is 1.84. The van der Waals surface area contributed by atoms with Crippen molar-refractivity contribution in [3.63, 3.8) is 0 Å². The van der Waals surface area contributed by atoms with E-state index in [1.807, 2.05) is 42.4 Å². The quantitative estimate of drug-likeness (QED) is 0.542. The second-order valence-corrected chi connectivity index (χ2v) is 8.31. The van der Waals surface area contributed by atoms with Crippen LogP contribution in [0.25, 0.3) is 0 Å². The highest BCUT2D eigenvalue weighted by Crippen LogP contribution is 2.25. The highest BCUT2D eigenvalue weighted by molar-refractivity contribution is 5.51. The van der Waals surface area contributed by atoms with Crippen molar-refractivity contribution in [2.24, 2.45) is 7.05 Å². The van der Waals surface area contributed by atoms with Crippen LogP contribution in [0.4, 0.5) is 5.69 Å². The van der Waals surface area contributed by atoms with Crippen LogP contribution in [0.15, 0.2) is 36.7 Å². The molecule has 1 aliphatic heterocycles. The maximum atomic E-state index is 10.9. The molecule has 0 spiro atoms. The van der Waals surface area contributed by atoms with Gasteiger partial charge < -0.3 is 34.8 Å². The lowest BCUT2D eigenvalue weighted by molar-refractivity contribution is -0.141. The van der Waals surface area contributed by atoms with Crippen LogP contribution < -0.4 is 9.64 Å². The van der Waals surface area contributed by atoms with E-state index in [9.17, 15) is 20.4 Å². The first-order chi connectivity index (χ1) is 15.5. The third-order valence-corrected chi connectivity index (χ3v) is 5.64. The van der Waals surface area contributed by atoms with Crippen molar-refractivity contribution < 1.29 is 29.9 Å². The van der Waals surface area contributed by atoms with E-state index in [1.165, 1.54) is 0 Å². The lowest BCUT2D eigenvalue weighted by Gasteiger charge is -2.33. The number of anilines is 1. The zero-order valence-corrected chi connectivity index (χ0v) is 18.6. The molecule has 9 nitrogen and oxygen atoms in total. The average molecular weight is 450 g/mol. The Morgan fingerprint density at radius 2 is 1.94 bits per heavy atom. The topological polar surface area (TPSA) is 120 Å². The van der Waals surface area contributed by atoms with Gasteiger partial charge >= 0.3 is 0 Å². The number of benzene rings is 1. The van der Waals surface area contributed by atoms with E-state index >= 15 is 0 Å². The first kappa shape index (κ1) is 24.5. The Labute approximate surface area is 188 Å². The Hall–Kier alpha value is -2.17. The van der Waals surface area contributed by atoms with Gasteiger partial charge in [0.05, 0.1) is 25.5 Å². The molecule has 0 unspecified atom stereocenters. The molecule has 9 heteroatoms. The van der Waals surface area contributed by atoms with Crippen molar-refractivity contribution in [1.29, 1.82) is 0 Å². The summed E-state index contributed by atoms with van der Waals surface area (Å²) in [6, 6.07) is 7.63. The van der Waals surface area contributed by atoms with Gasteiger partial charge in [-0.3, -0.25) is 4.68 Å². The van der Waals surface area contributed by atoms with Gasteiger partial charge in [-0.2, -0.15) is 5.10 Å². The van der Waals surface area contributed by atoms with E-state index in [4.69, 9.17) is 9.47 Å². The molecule has 2 heterocycles. The number of aliphatic hydroxyl groups excluding tert-OH is 4. The van der Waals surface area contributed by atoms with E-state index in [1.54, 1.807) is 10.9 Å². The molecule has 0 fully saturated rings. The van der Waals surface area contributed by atoms with E-state index in [2.05, 4.69) is 5.10 Å². The van der Waals surface area contributed by atoms with E-state index in [0.29, 0.717) is 19.8 Å². The smallest absolute Gasteiger partial charge is 0.121 e. The van der Waals surface area contributed by atoms with Gasteiger partial charge in [0.15, 0.2) is 0 Å². The summed E-state index contributed by atoms with van der Waals surface area (Å²) in [5.41, 5.74) is 1.77. The Kier molecular flexibility index (Phi) is 9.31. The fourth-order valence-corrected chi connectivity index (χ4v) is 3.87. The number of aromatic nitrogens is 2. The summed E-state index contributed by atoms with van der Waals surface area (Å²) >= 11 is 0. The van der Waals surface area contributed by atoms with Crippen LogP contribution in [0.3, 0.4) is 0 Å². The summed E-state index contributed by atoms with van der Waals surface area (Å²) in [4.78, 5) is 1.92. The minimum absolute atomic E-state index is 0.0809. The number of hydrogen-bond acceptors (Lipinski definition) is 8. The Morgan fingerprint density at radius 3 is 2.66 bits per heavy atom. The van der Waals surface area contributed by atoms with Gasteiger partial charge in [0.1, 0.15) is 24.1 Å². The van der Waals surface area contributed by atoms with E-state index < -0.39 is 31.0 Å². The third kappa shape index (κ3) is 6.91. The summed E-state index contributed by atoms with van der Waals surface area (Å²) in [6.45, 7) is 0.908. The van der Waals surface area contributed by atoms with Crippen molar-refractivity contribution in [1.82, 2.24) is 9.78 Å². The fraction of sp³-hybridized carbons (Fsp3) is 0.609. The second-order valence-electron chi connectivity index (χ2n) is 8.31. The molecule has 2 aromatic rings. The minimum atomic E-state index is -1.37. The van der Waals surface area contributed by atoms with Crippen LogP contribution in [0.5, 0.6) is 5.75 Å². The largest absolute Gasteiger partial charge is 0.494 e. The van der Waals surface area contributed by atoms with Crippen molar-refractivity contribution >= 4 is 5.69 Å². The Balaban J connectivity index is 1.86. The van der Waals surface area contributed by atoms with Gasteiger partial charge in [-0.15, -0.1) is 0 Å². The summed E-state index contributed by atoms with van der Waals surface area (Å²) in [5.74, 6) is 0.748. The number of β-amino-alcohol motifs (C(OH)–C–C–N with tert-alkyl or cyclic N) is 1. The van der Waals surface area contributed by atoms with Crippen LogP contribution in [-0.2, 0) is 18.3 Å². The maximum Gasteiger partial charge on any atom is 0.121 e. The third-order valence-electron chi connectivity index (χ3n) is 5.64. The van der Waals surface area contributed by atoms with Crippen LogP contribution in [0.1, 0.15) is 31.2 Å². The molecule has 4 N–H and O–H groups in total. The Morgan fingerprint density at radius 1 is 1.16 bits per heavy atom. The normalized spacial score (nSPS) is 24.7. The molecule has 0 amide bonds. The SMILES string of the molecule is Cn1cc(CN2C[C@@H](O)[C@@H](O)[C@@H]([C@H](O)CO)OCCCCCCOc3cccc2c3)cn1. The fourth-order valence-electron chi connectivity index (χ4n) is 3.87. The average Bonchev–Trinajstić information content (AvgIpc) is 3.20. The highest BCUT2D eigenvalue weighted by atomic mass is 16.5. The molecular formula is C23H35N3O6. The van der Waals surface area contributed by atoms with Crippen LogP contribution in [0, 0.1) is 0 Å². The van der Waals surface area contributed by atoms with Crippen LogP contribution in [-0.4, -0.2) is 81.0 Å². The number of fused-ring (bicyclic) bond motifs is 2. The molecule has 2 bridgehead atoms. The van der Waals surface area contributed by atoms with Crippen LogP contribution in [0.2, 0.25) is 0 Å². The molecule has 0 saturated carbocycles.